The van der Waals surface area contributed by atoms with Crippen molar-refractivity contribution in [2.75, 3.05) is 0 Å². The van der Waals surface area contributed by atoms with Crippen LogP contribution in [-0.4, -0.2) is 6.29 Å². The molecule has 36 valence electrons. The Labute approximate surface area is 43.0 Å². The molecule has 0 radical (unpaired) electrons. The topological polar surface area (TPSA) is 17.1 Å². The molecule has 0 saturated carbocycles. The van der Waals surface area contributed by atoms with Gasteiger partial charge in [0.2, 0.25) is 0 Å². The van der Waals surface area contributed by atoms with Gasteiger partial charge in [-0.3, -0.25) is 4.79 Å². The molecule has 7 heavy (non-hydrogen) atoms. The van der Waals surface area contributed by atoms with E-state index in [1.165, 1.54) is 6.08 Å². The molecule has 0 rings (SSSR count). The maximum Gasteiger partial charge on any atom is 0.146 e. The summed E-state index contributed by atoms with van der Waals surface area (Å²) >= 11 is 0. The second-order valence-corrected chi connectivity index (χ2v) is 1.17. The minimum atomic E-state index is 0.586. The van der Waals surface area contributed by atoms with Crippen molar-refractivity contribution in [1.82, 2.24) is 0 Å². The normalized spacial score (nSPS) is 10.0. The highest BCUT2D eigenvalue weighted by molar-refractivity contribution is 5.73. The maximum atomic E-state index is 9.73. The summed E-state index contributed by atoms with van der Waals surface area (Å²) in [5.74, 6) is 2.23. The SMILES string of the molecule is C#C/C=C(/C)C=O. The molecule has 0 atom stereocenters. The third-order valence-electron chi connectivity index (χ3n) is 0.497. The van der Waals surface area contributed by atoms with Crippen LogP contribution in [0.4, 0.5) is 0 Å². The second-order valence-electron chi connectivity index (χ2n) is 1.17. The average molecular weight is 94.1 g/mol. The highest BCUT2D eigenvalue weighted by Crippen LogP contribution is 1.80. The molecule has 0 bridgehead atoms. The molecule has 1 heteroatoms. The number of hydrogen-bond donors (Lipinski definition) is 0. The van der Waals surface area contributed by atoms with E-state index in [0.29, 0.717) is 5.57 Å². The van der Waals surface area contributed by atoms with Crippen LogP contribution in [0.25, 0.3) is 0 Å². The minimum absolute atomic E-state index is 0.586. The minimum Gasteiger partial charge on any atom is -0.298 e. The molecule has 0 aliphatic rings. The summed E-state index contributed by atoms with van der Waals surface area (Å²) in [6.07, 6.45) is 6.97. The Bertz CT molecular complexity index is 126. The van der Waals surface area contributed by atoms with Gasteiger partial charge in [-0.05, 0) is 18.6 Å². The van der Waals surface area contributed by atoms with Crippen LogP contribution in [0.1, 0.15) is 6.92 Å². The van der Waals surface area contributed by atoms with E-state index in [1.807, 2.05) is 0 Å². The molecular weight excluding hydrogens is 88.1 g/mol. The van der Waals surface area contributed by atoms with Crippen molar-refractivity contribution in [3.8, 4) is 12.3 Å². The van der Waals surface area contributed by atoms with Gasteiger partial charge in [-0.2, -0.15) is 0 Å². The van der Waals surface area contributed by atoms with Crippen LogP contribution in [-0.2, 0) is 4.79 Å². The van der Waals surface area contributed by atoms with Crippen LogP contribution in [0.5, 0.6) is 0 Å². The molecule has 0 aromatic carbocycles. The predicted octanol–water partition coefficient (Wildman–Crippen LogP) is 0.765. The Morgan fingerprint density at radius 3 is 2.57 bits per heavy atom. The van der Waals surface area contributed by atoms with Crippen molar-refractivity contribution in [2.45, 2.75) is 6.92 Å². The summed E-state index contributed by atoms with van der Waals surface area (Å²) < 4.78 is 0. The van der Waals surface area contributed by atoms with Crippen LogP contribution in [0, 0.1) is 12.3 Å². The van der Waals surface area contributed by atoms with Crippen molar-refractivity contribution in [2.24, 2.45) is 0 Å². The van der Waals surface area contributed by atoms with Crippen LogP contribution in [0.2, 0.25) is 0 Å². The van der Waals surface area contributed by atoms with E-state index in [1.54, 1.807) is 6.92 Å². The lowest BCUT2D eigenvalue weighted by Crippen LogP contribution is -1.71. The van der Waals surface area contributed by atoms with E-state index < -0.39 is 0 Å². The third kappa shape index (κ3) is 2.78. The quantitative estimate of drug-likeness (QED) is 0.266. The standard InChI is InChI=1S/C6H6O/c1-3-4-6(2)5-7/h1,4-5H,2H3/b6-4-. The number of aldehydes is 1. The number of hydrogen-bond acceptors (Lipinski definition) is 1. The lowest BCUT2D eigenvalue weighted by molar-refractivity contribution is -0.104. The van der Waals surface area contributed by atoms with Crippen molar-refractivity contribution in [3.05, 3.63) is 11.6 Å². The molecule has 0 N–H and O–H groups in total. The van der Waals surface area contributed by atoms with Crippen LogP contribution in [0.15, 0.2) is 11.6 Å². The number of carbonyl (C=O) groups is 1. The third-order valence-corrected chi connectivity index (χ3v) is 0.497. The monoisotopic (exact) mass is 94.0 g/mol. The molecule has 0 aliphatic heterocycles. The van der Waals surface area contributed by atoms with Gasteiger partial charge < -0.3 is 0 Å². The van der Waals surface area contributed by atoms with E-state index in [2.05, 4.69) is 5.92 Å². The largest absolute Gasteiger partial charge is 0.298 e. The van der Waals surface area contributed by atoms with Crippen molar-refractivity contribution in [3.63, 3.8) is 0 Å². The zero-order valence-corrected chi connectivity index (χ0v) is 4.14. The number of allylic oxidation sites excluding steroid dienone is 2. The molecular formula is C6H6O. The lowest BCUT2D eigenvalue weighted by Gasteiger charge is -1.73. The van der Waals surface area contributed by atoms with Gasteiger partial charge in [0, 0.05) is 0 Å². The molecule has 0 fully saturated rings. The first kappa shape index (κ1) is 5.97. The Hall–Kier alpha value is -1.03. The van der Waals surface area contributed by atoms with Crippen molar-refractivity contribution in [1.29, 1.82) is 0 Å². The predicted molar refractivity (Wildman–Crippen MR) is 28.7 cm³/mol. The van der Waals surface area contributed by atoms with E-state index >= 15 is 0 Å². The summed E-state index contributed by atoms with van der Waals surface area (Å²) in [5.41, 5.74) is 0.586. The molecule has 0 amide bonds. The van der Waals surface area contributed by atoms with Crippen LogP contribution < -0.4 is 0 Å². The molecule has 0 saturated heterocycles. The highest BCUT2D eigenvalue weighted by Gasteiger charge is 1.74. The van der Waals surface area contributed by atoms with Gasteiger partial charge >= 0.3 is 0 Å². The fraction of sp³-hybridized carbons (Fsp3) is 0.167. The summed E-state index contributed by atoms with van der Waals surface area (Å²) in [4.78, 5) is 9.73. The van der Waals surface area contributed by atoms with Gasteiger partial charge in [-0.15, -0.1) is 6.42 Å². The summed E-state index contributed by atoms with van der Waals surface area (Å²) in [6.45, 7) is 1.66. The van der Waals surface area contributed by atoms with Crippen molar-refractivity contribution < 1.29 is 4.79 Å². The lowest BCUT2D eigenvalue weighted by atomic mass is 10.3. The zero-order valence-electron chi connectivity index (χ0n) is 4.14. The number of carbonyl (C=O) groups excluding carboxylic acids is 1. The summed E-state index contributed by atoms with van der Waals surface area (Å²) in [7, 11) is 0. The summed E-state index contributed by atoms with van der Waals surface area (Å²) in [5, 5.41) is 0. The Morgan fingerprint density at radius 2 is 2.43 bits per heavy atom. The fourth-order valence-electron chi connectivity index (χ4n) is 0.165. The molecule has 0 aromatic rings. The molecule has 0 aliphatic carbocycles. The molecule has 1 nitrogen and oxygen atoms in total. The molecule has 0 aromatic heterocycles. The van der Waals surface area contributed by atoms with E-state index in [9.17, 15) is 4.79 Å². The average Bonchev–Trinajstić information content (AvgIpc) is 1.68. The highest BCUT2D eigenvalue weighted by atomic mass is 16.1. The van der Waals surface area contributed by atoms with Crippen LogP contribution >= 0.6 is 0 Å². The molecule has 0 heterocycles. The molecule has 0 spiro atoms. The maximum absolute atomic E-state index is 9.73. The smallest absolute Gasteiger partial charge is 0.146 e. The Kier molecular flexibility index (Phi) is 2.70. The van der Waals surface area contributed by atoms with Gasteiger partial charge in [0.1, 0.15) is 6.29 Å². The van der Waals surface area contributed by atoms with Gasteiger partial charge in [0.15, 0.2) is 0 Å². The van der Waals surface area contributed by atoms with E-state index in [-0.39, 0.29) is 0 Å². The first-order valence-corrected chi connectivity index (χ1v) is 1.89. The number of terminal acetylenes is 1. The Morgan fingerprint density at radius 1 is 1.86 bits per heavy atom. The fourth-order valence-corrected chi connectivity index (χ4v) is 0.165. The van der Waals surface area contributed by atoms with E-state index in [0.717, 1.165) is 6.29 Å². The molecule has 0 unspecified atom stereocenters. The van der Waals surface area contributed by atoms with Gasteiger partial charge in [0.05, 0.1) is 0 Å². The number of rotatable bonds is 1. The second kappa shape index (κ2) is 3.17. The first-order chi connectivity index (χ1) is 3.31. The first-order valence-electron chi connectivity index (χ1n) is 1.89. The van der Waals surface area contributed by atoms with Crippen molar-refractivity contribution >= 4 is 6.29 Å². The van der Waals surface area contributed by atoms with Gasteiger partial charge in [-0.1, -0.05) is 5.92 Å². The van der Waals surface area contributed by atoms with Gasteiger partial charge in [0.25, 0.3) is 0 Å². The summed E-state index contributed by atoms with van der Waals surface area (Å²) in [6, 6.07) is 0. The van der Waals surface area contributed by atoms with Crippen LogP contribution in [0.3, 0.4) is 0 Å². The van der Waals surface area contributed by atoms with Gasteiger partial charge in [-0.25, -0.2) is 0 Å². The van der Waals surface area contributed by atoms with E-state index in [4.69, 9.17) is 6.42 Å². The zero-order chi connectivity index (χ0) is 5.70. The Balaban J connectivity index is 3.80.